The first-order chi connectivity index (χ1) is 20.1. The molecule has 9 heteroatoms. The number of rotatable bonds is 8. The maximum Gasteiger partial charge on any atom is 0.264 e. The molecule has 0 radical (unpaired) electrons. The summed E-state index contributed by atoms with van der Waals surface area (Å²) in [6.07, 6.45) is 0.958. The lowest BCUT2D eigenvalue weighted by atomic mass is 9.71. The fourth-order valence-corrected chi connectivity index (χ4v) is 7.35. The Morgan fingerprint density at radius 1 is 1.07 bits per heavy atom. The van der Waals surface area contributed by atoms with Crippen LogP contribution in [0.2, 0.25) is 0 Å². The molecule has 0 saturated carbocycles. The van der Waals surface area contributed by atoms with Crippen LogP contribution in [0.15, 0.2) is 85.1 Å². The van der Waals surface area contributed by atoms with Crippen LogP contribution in [0, 0.1) is 15.4 Å². The highest BCUT2D eigenvalue weighted by atomic mass is 127. The maximum atomic E-state index is 14.5. The van der Waals surface area contributed by atoms with Gasteiger partial charge in [0.1, 0.15) is 11.8 Å². The monoisotopic (exact) mass is 678 g/mol. The third kappa shape index (κ3) is 5.06. The van der Waals surface area contributed by atoms with Gasteiger partial charge in [0.05, 0.1) is 30.1 Å². The van der Waals surface area contributed by atoms with Crippen LogP contribution < -0.4 is 4.90 Å². The number of carbonyl (C=O) groups is 1. The molecule has 1 spiro atoms. The summed E-state index contributed by atoms with van der Waals surface area (Å²) in [4.78, 5) is 16.3. The van der Waals surface area contributed by atoms with E-state index in [0.29, 0.717) is 25.2 Å². The van der Waals surface area contributed by atoms with Gasteiger partial charge in [-0.05, 0) is 72.2 Å². The topological polar surface area (TPSA) is 101 Å². The number of aliphatic hydroxyl groups excluding tert-OH is 1. The zero-order valence-corrected chi connectivity index (χ0v) is 26.0. The van der Waals surface area contributed by atoms with E-state index in [1.54, 1.807) is 24.7 Å². The number of carbonyl (C=O) groups excluding carboxylic acids is 1. The SMILES string of the molecule is C[C@H]1[C@H](C(C)(C)O)[C@@H](CCn2cc([C@H](O)c3ccccc3)nn2)O[C@]12C(=O)N(Cc1ccccc1)c1ccc(I)cc12. The summed E-state index contributed by atoms with van der Waals surface area (Å²) >= 11 is 2.28. The normalized spacial score (nSPS) is 24.4. The van der Waals surface area contributed by atoms with Crippen molar-refractivity contribution in [1.29, 1.82) is 0 Å². The minimum Gasteiger partial charge on any atom is -0.390 e. The fourth-order valence-electron chi connectivity index (χ4n) is 6.86. The summed E-state index contributed by atoms with van der Waals surface area (Å²) in [5.74, 6) is -0.706. The Balaban J connectivity index is 1.30. The lowest BCUT2D eigenvalue weighted by molar-refractivity contribution is -0.146. The van der Waals surface area contributed by atoms with Gasteiger partial charge in [-0.25, -0.2) is 0 Å². The summed E-state index contributed by atoms with van der Waals surface area (Å²) < 4.78 is 9.61. The molecule has 0 bridgehead atoms. The number of hydrogen-bond acceptors (Lipinski definition) is 6. The molecular weight excluding hydrogens is 643 g/mol. The van der Waals surface area contributed by atoms with E-state index in [0.717, 1.165) is 25.9 Å². The summed E-state index contributed by atoms with van der Waals surface area (Å²) in [6, 6.07) is 25.4. The number of nitrogens with zero attached hydrogens (tertiary/aromatic N) is 4. The third-order valence-electron chi connectivity index (χ3n) is 8.72. The van der Waals surface area contributed by atoms with E-state index in [9.17, 15) is 15.0 Å². The Morgan fingerprint density at radius 3 is 2.45 bits per heavy atom. The van der Waals surface area contributed by atoms with Gasteiger partial charge in [-0.3, -0.25) is 9.48 Å². The van der Waals surface area contributed by atoms with Crippen molar-refractivity contribution in [2.24, 2.45) is 11.8 Å². The molecule has 218 valence electrons. The predicted octanol–water partition coefficient (Wildman–Crippen LogP) is 5.22. The number of anilines is 1. The molecule has 2 aliphatic rings. The number of halogens is 1. The lowest BCUT2D eigenvalue weighted by Crippen LogP contribution is -2.46. The second-order valence-corrected chi connectivity index (χ2v) is 13.2. The van der Waals surface area contributed by atoms with Gasteiger partial charge in [0, 0.05) is 27.5 Å². The minimum absolute atomic E-state index is 0.0957. The molecule has 42 heavy (non-hydrogen) atoms. The number of fused-ring (bicyclic) bond motifs is 2. The summed E-state index contributed by atoms with van der Waals surface area (Å²) in [7, 11) is 0. The van der Waals surface area contributed by atoms with E-state index in [1.165, 1.54) is 0 Å². The number of ether oxygens (including phenoxy) is 1. The third-order valence-corrected chi connectivity index (χ3v) is 9.39. The molecule has 3 heterocycles. The van der Waals surface area contributed by atoms with Gasteiger partial charge >= 0.3 is 0 Å². The van der Waals surface area contributed by atoms with Crippen molar-refractivity contribution in [2.75, 3.05) is 4.90 Å². The Morgan fingerprint density at radius 2 is 1.76 bits per heavy atom. The molecular formula is C33H35IN4O4. The van der Waals surface area contributed by atoms with Crippen LogP contribution in [0.1, 0.15) is 55.7 Å². The van der Waals surface area contributed by atoms with Crippen LogP contribution >= 0.6 is 22.6 Å². The van der Waals surface area contributed by atoms with Gasteiger partial charge in [-0.2, -0.15) is 0 Å². The van der Waals surface area contributed by atoms with Gasteiger partial charge in [0.25, 0.3) is 5.91 Å². The van der Waals surface area contributed by atoms with Gasteiger partial charge in [-0.1, -0.05) is 72.8 Å². The predicted molar refractivity (Wildman–Crippen MR) is 167 cm³/mol. The number of amides is 1. The van der Waals surface area contributed by atoms with Crippen molar-refractivity contribution >= 4 is 34.2 Å². The highest BCUT2D eigenvalue weighted by Gasteiger charge is 2.65. The number of benzene rings is 3. The molecule has 6 rings (SSSR count). The van der Waals surface area contributed by atoms with E-state index >= 15 is 0 Å². The zero-order chi connectivity index (χ0) is 29.6. The van der Waals surface area contributed by atoms with E-state index < -0.39 is 23.4 Å². The minimum atomic E-state index is -1.21. The summed E-state index contributed by atoms with van der Waals surface area (Å²) in [5.41, 5.74) is 1.64. The molecule has 5 atom stereocenters. The molecule has 4 aromatic rings. The fraction of sp³-hybridized carbons (Fsp3) is 0.364. The highest BCUT2D eigenvalue weighted by Crippen LogP contribution is 2.58. The van der Waals surface area contributed by atoms with Crippen LogP contribution in [-0.2, 0) is 28.2 Å². The molecule has 1 aromatic heterocycles. The van der Waals surface area contributed by atoms with Gasteiger partial charge in [0.15, 0.2) is 5.60 Å². The summed E-state index contributed by atoms with van der Waals surface area (Å²) in [6.45, 7) is 6.51. The van der Waals surface area contributed by atoms with Crippen molar-refractivity contribution in [1.82, 2.24) is 15.0 Å². The second-order valence-electron chi connectivity index (χ2n) is 11.9. The van der Waals surface area contributed by atoms with Crippen LogP contribution in [0.4, 0.5) is 5.69 Å². The largest absolute Gasteiger partial charge is 0.390 e. The Kier molecular flexibility index (Phi) is 7.71. The summed E-state index contributed by atoms with van der Waals surface area (Å²) in [5, 5.41) is 30.6. The van der Waals surface area contributed by atoms with Crippen LogP contribution in [-0.4, -0.2) is 42.8 Å². The van der Waals surface area contributed by atoms with E-state index in [4.69, 9.17) is 4.74 Å². The van der Waals surface area contributed by atoms with Crippen LogP contribution in [0.3, 0.4) is 0 Å². The van der Waals surface area contributed by atoms with Crippen molar-refractivity contribution < 1.29 is 19.7 Å². The molecule has 0 unspecified atom stereocenters. The molecule has 2 N–H and O–H groups in total. The lowest BCUT2D eigenvalue weighted by Gasteiger charge is -2.34. The van der Waals surface area contributed by atoms with Gasteiger partial charge in [0.2, 0.25) is 0 Å². The molecule has 8 nitrogen and oxygen atoms in total. The first-order valence-corrected chi connectivity index (χ1v) is 15.4. The van der Waals surface area contributed by atoms with E-state index in [-0.39, 0.29) is 17.7 Å². The number of aliphatic hydroxyl groups is 2. The molecule has 1 fully saturated rings. The second kappa shape index (κ2) is 11.2. The van der Waals surface area contributed by atoms with Crippen molar-refractivity contribution in [3.63, 3.8) is 0 Å². The van der Waals surface area contributed by atoms with Crippen molar-refractivity contribution in [3.05, 3.63) is 111 Å². The van der Waals surface area contributed by atoms with E-state index in [1.807, 2.05) is 90.7 Å². The molecule has 3 aromatic carbocycles. The Labute approximate surface area is 259 Å². The van der Waals surface area contributed by atoms with Gasteiger partial charge in [-0.15, -0.1) is 5.10 Å². The first kappa shape index (κ1) is 29.0. The smallest absolute Gasteiger partial charge is 0.264 e. The highest BCUT2D eigenvalue weighted by molar-refractivity contribution is 14.1. The van der Waals surface area contributed by atoms with Crippen LogP contribution in [0.25, 0.3) is 0 Å². The molecule has 2 aliphatic heterocycles. The Hall–Kier alpha value is -3.12. The molecule has 1 amide bonds. The van der Waals surface area contributed by atoms with Crippen LogP contribution in [0.5, 0.6) is 0 Å². The molecule has 1 saturated heterocycles. The van der Waals surface area contributed by atoms with E-state index in [2.05, 4.69) is 32.9 Å². The number of hydrogen-bond donors (Lipinski definition) is 2. The number of aryl methyl sites for hydroxylation is 1. The van der Waals surface area contributed by atoms with Crippen molar-refractivity contribution in [3.8, 4) is 0 Å². The first-order valence-electron chi connectivity index (χ1n) is 14.3. The average Bonchev–Trinajstić information content (AvgIpc) is 3.63. The average molecular weight is 679 g/mol. The quantitative estimate of drug-likeness (QED) is 0.248. The van der Waals surface area contributed by atoms with Crippen molar-refractivity contribution in [2.45, 2.75) is 63.7 Å². The maximum absolute atomic E-state index is 14.5. The Bertz CT molecular complexity index is 1570. The number of aromatic nitrogens is 3. The standard InChI is InChI=1S/C33H35IN4O4/c1-21-29(32(2,3)41)28(16-17-37-20-26(35-36-37)30(39)23-12-8-5-9-13-23)42-33(21)25-18-24(34)14-15-27(25)38(31(33)40)19-22-10-6-4-7-11-22/h4-15,18,20-21,28-30,39,41H,16-17,19H2,1-3H3/t21-,28+,29-,30+,33+/m0/s1. The van der Waals surface area contributed by atoms with Gasteiger partial charge < -0.3 is 19.8 Å². The zero-order valence-electron chi connectivity index (χ0n) is 23.9. The molecule has 0 aliphatic carbocycles.